The fraction of sp³-hybridized carbons (Fsp3) is 0.273. The number of alkyl halides is 1. The molecule has 0 saturated heterocycles. The maximum Gasteiger partial charge on any atom is 0.0845 e. The maximum absolute atomic E-state index is 3.78. The predicted molar refractivity (Wildman–Crippen MR) is 76.6 cm³/mol. The van der Waals surface area contributed by atoms with Gasteiger partial charge in [-0.3, -0.25) is 0 Å². The lowest BCUT2D eigenvalue weighted by Gasteiger charge is -2.07. The Balaban J connectivity index is 2.40. The van der Waals surface area contributed by atoms with Gasteiger partial charge in [-0.05, 0) is 52.9 Å². The molecule has 1 unspecified atom stereocenters. The molecule has 1 atom stereocenters. The fourth-order valence-electron chi connectivity index (χ4n) is 1.52. The molecule has 0 bridgehead atoms. The van der Waals surface area contributed by atoms with E-state index in [1.807, 2.05) is 11.3 Å². The van der Waals surface area contributed by atoms with Crippen molar-refractivity contribution in [1.82, 2.24) is 0 Å². The van der Waals surface area contributed by atoms with Crippen LogP contribution in [0.1, 0.15) is 25.0 Å². The third kappa shape index (κ3) is 2.38. The summed E-state index contributed by atoms with van der Waals surface area (Å²) < 4.78 is 1.19. The van der Waals surface area contributed by atoms with Gasteiger partial charge < -0.3 is 0 Å². The van der Waals surface area contributed by atoms with Crippen LogP contribution >= 0.6 is 54.5 Å². The van der Waals surface area contributed by atoms with Crippen LogP contribution in [0.3, 0.4) is 0 Å². The second-order valence-corrected chi connectivity index (χ2v) is 7.41. The van der Waals surface area contributed by atoms with Crippen molar-refractivity contribution >= 4 is 54.5 Å². The number of hydrogen-bond acceptors (Lipinski definition) is 2. The van der Waals surface area contributed by atoms with Crippen LogP contribution in [-0.4, -0.2) is 0 Å². The first-order valence-corrected chi connectivity index (χ1v) is 7.94. The molecule has 0 aromatic carbocycles. The van der Waals surface area contributed by atoms with Gasteiger partial charge in [0.05, 0.1) is 4.83 Å². The van der Waals surface area contributed by atoms with Crippen LogP contribution in [0.25, 0.3) is 0 Å². The fourth-order valence-corrected chi connectivity index (χ4v) is 5.72. The zero-order valence-electron chi connectivity index (χ0n) is 8.38. The average molecular weight is 366 g/mol. The Labute approximate surface area is 115 Å². The second-order valence-electron chi connectivity index (χ2n) is 3.40. The van der Waals surface area contributed by atoms with E-state index in [-0.39, 0.29) is 0 Å². The molecule has 0 N–H and O–H groups in total. The lowest BCUT2D eigenvalue weighted by atomic mass is 10.2. The third-order valence-corrected chi connectivity index (χ3v) is 6.86. The summed E-state index contributed by atoms with van der Waals surface area (Å²) in [5.41, 5.74) is 1.37. The Kier molecular flexibility index (Phi) is 3.71. The number of aryl methyl sites for hydroxylation is 2. The highest BCUT2D eigenvalue weighted by Gasteiger charge is 2.18. The molecular weight excluding hydrogens is 356 g/mol. The molecule has 0 radical (unpaired) electrons. The Bertz CT molecular complexity index is 471. The van der Waals surface area contributed by atoms with Gasteiger partial charge in [0, 0.05) is 19.1 Å². The molecular formula is C11H10Br2S2. The highest BCUT2D eigenvalue weighted by molar-refractivity contribution is 9.11. The average Bonchev–Trinajstić information content (AvgIpc) is 2.71. The zero-order valence-corrected chi connectivity index (χ0v) is 13.2. The summed E-state index contributed by atoms with van der Waals surface area (Å²) in [4.78, 5) is 4.46. The quantitative estimate of drug-likeness (QED) is 0.601. The van der Waals surface area contributed by atoms with Crippen molar-refractivity contribution in [2.45, 2.75) is 18.7 Å². The number of halogens is 2. The number of rotatable bonds is 2. The van der Waals surface area contributed by atoms with Crippen molar-refractivity contribution in [3.05, 3.63) is 42.2 Å². The molecule has 4 heteroatoms. The predicted octanol–water partition coefficient (Wildman–Crippen LogP) is 5.67. The van der Waals surface area contributed by atoms with Crippen LogP contribution < -0.4 is 0 Å². The lowest BCUT2D eigenvalue weighted by molar-refractivity contribution is 1.23. The minimum Gasteiger partial charge on any atom is -0.146 e. The van der Waals surface area contributed by atoms with Gasteiger partial charge in [0.25, 0.3) is 0 Å². The first kappa shape index (κ1) is 11.8. The first-order chi connectivity index (χ1) is 7.09. The molecule has 80 valence electrons. The molecule has 0 aliphatic rings. The molecule has 0 fully saturated rings. The lowest BCUT2D eigenvalue weighted by Crippen LogP contribution is -1.88. The summed E-state index contributed by atoms with van der Waals surface area (Å²) in [7, 11) is 0. The van der Waals surface area contributed by atoms with Crippen molar-refractivity contribution < 1.29 is 0 Å². The summed E-state index contributed by atoms with van der Waals surface area (Å²) in [6.07, 6.45) is 0. The van der Waals surface area contributed by atoms with E-state index in [9.17, 15) is 0 Å². The standard InChI is InChI=1S/C11H10Br2S2/c1-6-5-7(2)15-10(6)9(13)11-8(12)3-4-14-11/h3-5,9H,1-2H3. The van der Waals surface area contributed by atoms with Gasteiger partial charge in [-0.15, -0.1) is 22.7 Å². The van der Waals surface area contributed by atoms with Gasteiger partial charge in [0.2, 0.25) is 0 Å². The van der Waals surface area contributed by atoms with E-state index >= 15 is 0 Å². The Morgan fingerprint density at radius 1 is 1.27 bits per heavy atom. The van der Waals surface area contributed by atoms with Gasteiger partial charge in [-0.2, -0.15) is 0 Å². The van der Waals surface area contributed by atoms with Crippen LogP contribution in [0, 0.1) is 13.8 Å². The summed E-state index contributed by atoms with van der Waals surface area (Å²) in [6, 6.07) is 4.35. The van der Waals surface area contributed by atoms with Gasteiger partial charge in [-0.25, -0.2) is 0 Å². The summed E-state index contributed by atoms with van der Waals surface area (Å²) in [5.74, 6) is 0. The minimum atomic E-state index is 0.325. The van der Waals surface area contributed by atoms with Crippen LogP contribution in [0.15, 0.2) is 22.0 Å². The molecule has 0 aliphatic carbocycles. The second kappa shape index (κ2) is 4.70. The van der Waals surface area contributed by atoms with Crippen molar-refractivity contribution in [2.24, 2.45) is 0 Å². The smallest absolute Gasteiger partial charge is 0.0845 e. The zero-order chi connectivity index (χ0) is 11.0. The maximum atomic E-state index is 3.78. The highest BCUT2D eigenvalue weighted by Crippen LogP contribution is 2.42. The molecule has 2 heterocycles. The molecule has 0 amide bonds. The van der Waals surface area contributed by atoms with Gasteiger partial charge >= 0.3 is 0 Å². The normalized spacial score (nSPS) is 13.1. The van der Waals surface area contributed by atoms with Crippen LogP contribution in [0.2, 0.25) is 0 Å². The van der Waals surface area contributed by atoms with E-state index in [1.54, 1.807) is 11.3 Å². The Morgan fingerprint density at radius 2 is 2.00 bits per heavy atom. The monoisotopic (exact) mass is 364 g/mol. The molecule has 0 nitrogen and oxygen atoms in total. The molecule has 0 saturated carbocycles. The van der Waals surface area contributed by atoms with Gasteiger partial charge in [0.1, 0.15) is 0 Å². The van der Waals surface area contributed by atoms with Crippen molar-refractivity contribution in [1.29, 1.82) is 0 Å². The molecule has 0 aliphatic heterocycles. The van der Waals surface area contributed by atoms with E-state index in [4.69, 9.17) is 0 Å². The SMILES string of the molecule is Cc1cc(C)c(C(Br)c2sccc2Br)s1. The summed E-state index contributed by atoms with van der Waals surface area (Å²) >= 11 is 11.0. The third-order valence-electron chi connectivity index (χ3n) is 2.18. The van der Waals surface area contributed by atoms with Crippen molar-refractivity contribution in [2.75, 3.05) is 0 Å². The van der Waals surface area contributed by atoms with Crippen molar-refractivity contribution in [3.8, 4) is 0 Å². The van der Waals surface area contributed by atoms with E-state index < -0.39 is 0 Å². The Hall–Kier alpha value is 0.360. The molecule has 2 aromatic heterocycles. The first-order valence-electron chi connectivity index (χ1n) is 4.53. The topological polar surface area (TPSA) is 0 Å². The highest BCUT2D eigenvalue weighted by atomic mass is 79.9. The summed E-state index contributed by atoms with van der Waals surface area (Å²) in [5, 5.41) is 2.11. The van der Waals surface area contributed by atoms with E-state index in [0.29, 0.717) is 4.83 Å². The molecule has 2 aromatic rings. The van der Waals surface area contributed by atoms with Crippen LogP contribution in [0.5, 0.6) is 0 Å². The van der Waals surface area contributed by atoms with E-state index in [2.05, 4.69) is 63.2 Å². The Morgan fingerprint density at radius 3 is 2.47 bits per heavy atom. The number of hydrogen-bond donors (Lipinski definition) is 0. The van der Waals surface area contributed by atoms with Crippen LogP contribution in [0.4, 0.5) is 0 Å². The molecule has 0 spiro atoms. The summed E-state index contributed by atoms with van der Waals surface area (Å²) in [6.45, 7) is 4.33. The largest absolute Gasteiger partial charge is 0.146 e. The van der Waals surface area contributed by atoms with Gasteiger partial charge in [-0.1, -0.05) is 15.9 Å². The minimum absolute atomic E-state index is 0.325. The van der Waals surface area contributed by atoms with E-state index in [1.165, 1.54) is 24.7 Å². The number of thiophene rings is 2. The van der Waals surface area contributed by atoms with Crippen LogP contribution in [-0.2, 0) is 0 Å². The van der Waals surface area contributed by atoms with E-state index in [0.717, 1.165) is 0 Å². The van der Waals surface area contributed by atoms with Gasteiger partial charge in [0.15, 0.2) is 0 Å². The molecule has 2 rings (SSSR count). The molecule has 15 heavy (non-hydrogen) atoms. The van der Waals surface area contributed by atoms with Crippen molar-refractivity contribution in [3.63, 3.8) is 0 Å².